The minimum Gasteiger partial charge on any atom is -0.381 e. The molecule has 0 aromatic carbocycles. The van der Waals surface area contributed by atoms with Crippen LogP contribution in [0.25, 0.3) is 0 Å². The summed E-state index contributed by atoms with van der Waals surface area (Å²) in [7, 11) is 2.11. The van der Waals surface area contributed by atoms with Gasteiger partial charge in [0.1, 0.15) is 0 Å². The molecule has 1 rings (SSSR count). The third kappa shape index (κ3) is 6.87. The SMILES string of the molecule is C=CCSCCN=C(NCC)N(C)CC1CCOC1. The predicted molar refractivity (Wildman–Crippen MR) is 85.1 cm³/mol. The van der Waals surface area contributed by atoms with Gasteiger partial charge >= 0.3 is 0 Å². The van der Waals surface area contributed by atoms with Crippen LogP contribution in [0.4, 0.5) is 0 Å². The highest BCUT2D eigenvalue weighted by Crippen LogP contribution is 2.13. The average molecular weight is 285 g/mol. The van der Waals surface area contributed by atoms with Crippen molar-refractivity contribution in [2.24, 2.45) is 10.9 Å². The van der Waals surface area contributed by atoms with Crippen LogP contribution in [0.3, 0.4) is 0 Å². The molecule has 5 heteroatoms. The molecule has 0 aromatic heterocycles. The Morgan fingerprint density at radius 3 is 3.11 bits per heavy atom. The Hall–Kier alpha value is -0.680. The van der Waals surface area contributed by atoms with E-state index in [4.69, 9.17) is 4.74 Å². The first-order valence-corrected chi connectivity index (χ1v) is 8.19. The van der Waals surface area contributed by atoms with E-state index < -0.39 is 0 Å². The third-order valence-corrected chi connectivity index (χ3v) is 3.93. The first-order valence-electron chi connectivity index (χ1n) is 7.03. The van der Waals surface area contributed by atoms with Gasteiger partial charge in [0.15, 0.2) is 5.96 Å². The zero-order valence-corrected chi connectivity index (χ0v) is 13.0. The number of hydrogen-bond donors (Lipinski definition) is 1. The highest BCUT2D eigenvalue weighted by molar-refractivity contribution is 7.99. The molecule has 0 radical (unpaired) electrons. The van der Waals surface area contributed by atoms with Crippen LogP contribution in [0.15, 0.2) is 17.6 Å². The molecule has 0 aromatic rings. The van der Waals surface area contributed by atoms with Crippen molar-refractivity contribution in [2.45, 2.75) is 13.3 Å². The molecule has 4 nitrogen and oxygen atoms in total. The van der Waals surface area contributed by atoms with Gasteiger partial charge in [0.25, 0.3) is 0 Å². The van der Waals surface area contributed by atoms with Crippen molar-refractivity contribution < 1.29 is 4.74 Å². The van der Waals surface area contributed by atoms with Gasteiger partial charge in [-0.1, -0.05) is 6.08 Å². The van der Waals surface area contributed by atoms with E-state index >= 15 is 0 Å². The van der Waals surface area contributed by atoms with Crippen molar-refractivity contribution >= 4 is 17.7 Å². The van der Waals surface area contributed by atoms with Gasteiger partial charge in [-0.15, -0.1) is 6.58 Å². The molecule has 110 valence electrons. The highest BCUT2D eigenvalue weighted by atomic mass is 32.2. The summed E-state index contributed by atoms with van der Waals surface area (Å²) in [6, 6.07) is 0. The molecule has 1 aliphatic rings. The molecule has 1 aliphatic heterocycles. The van der Waals surface area contributed by atoms with E-state index in [9.17, 15) is 0 Å². The molecule has 0 aliphatic carbocycles. The first-order chi connectivity index (χ1) is 9.27. The van der Waals surface area contributed by atoms with E-state index in [1.807, 2.05) is 17.8 Å². The summed E-state index contributed by atoms with van der Waals surface area (Å²) in [5, 5.41) is 3.35. The Balaban J connectivity index is 2.35. The lowest BCUT2D eigenvalue weighted by molar-refractivity contribution is 0.181. The number of aliphatic imine (C=N–C) groups is 1. The minimum absolute atomic E-state index is 0.643. The van der Waals surface area contributed by atoms with Gasteiger partial charge in [0.05, 0.1) is 13.2 Å². The largest absolute Gasteiger partial charge is 0.381 e. The Morgan fingerprint density at radius 1 is 1.63 bits per heavy atom. The summed E-state index contributed by atoms with van der Waals surface area (Å²) >= 11 is 1.87. The first kappa shape index (κ1) is 16.4. The van der Waals surface area contributed by atoms with Crippen molar-refractivity contribution in [2.75, 3.05) is 51.4 Å². The van der Waals surface area contributed by atoms with Crippen LogP contribution in [0.2, 0.25) is 0 Å². The van der Waals surface area contributed by atoms with Crippen LogP contribution in [0.5, 0.6) is 0 Å². The van der Waals surface area contributed by atoms with E-state index in [0.29, 0.717) is 5.92 Å². The second kappa shape index (κ2) is 10.1. The van der Waals surface area contributed by atoms with Crippen molar-refractivity contribution in [3.63, 3.8) is 0 Å². The fourth-order valence-electron chi connectivity index (χ4n) is 2.05. The molecule has 1 atom stereocenters. The summed E-state index contributed by atoms with van der Waals surface area (Å²) < 4.78 is 5.42. The van der Waals surface area contributed by atoms with Crippen molar-refractivity contribution in [1.82, 2.24) is 10.2 Å². The van der Waals surface area contributed by atoms with Gasteiger partial charge in [-0.2, -0.15) is 11.8 Å². The minimum atomic E-state index is 0.643. The molecule has 1 unspecified atom stereocenters. The molecule has 1 saturated heterocycles. The fraction of sp³-hybridized carbons (Fsp3) is 0.786. The molecule has 0 amide bonds. The average Bonchev–Trinajstić information content (AvgIpc) is 2.90. The van der Waals surface area contributed by atoms with E-state index in [0.717, 1.165) is 50.3 Å². The van der Waals surface area contributed by atoms with Crippen LogP contribution in [-0.4, -0.2) is 62.3 Å². The number of ether oxygens (including phenoxy) is 1. The van der Waals surface area contributed by atoms with Crippen LogP contribution in [0.1, 0.15) is 13.3 Å². The van der Waals surface area contributed by atoms with Crippen LogP contribution in [-0.2, 0) is 4.74 Å². The second-order valence-electron chi connectivity index (χ2n) is 4.71. The Morgan fingerprint density at radius 2 is 2.47 bits per heavy atom. The van der Waals surface area contributed by atoms with Crippen molar-refractivity contribution in [3.05, 3.63) is 12.7 Å². The lowest BCUT2D eigenvalue weighted by atomic mass is 10.1. The zero-order chi connectivity index (χ0) is 13.9. The molecule has 1 N–H and O–H groups in total. The van der Waals surface area contributed by atoms with Crippen LogP contribution in [0, 0.1) is 5.92 Å². The Labute approximate surface area is 121 Å². The maximum Gasteiger partial charge on any atom is 0.193 e. The number of thioether (sulfide) groups is 1. The maximum atomic E-state index is 5.42. The molecule has 0 bridgehead atoms. The molecule has 19 heavy (non-hydrogen) atoms. The number of rotatable bonds is 8. The second-order valence-corrected chi connectivity index (χ2v) is 5.86. The summed E-state index contributed by atoms with van der Waals surface area (Å²) in [4.78, 5) is 6.89. The lowest BCUT2D eigenvalue weighted by Gasteiger charge is -2.24. The summed E-state index contributed by atoms with van der Waals surface area (Å²) in [5.41, 5.74) is 0. The van der Waals surface area contributed by atoms with Gasteiger partial charge in [-0.05, 0) is 13.3 Å². The van der Waals surface area contributed by atoms with E-state index in [-0.39, 0.29) is 0 Å². The van der Waals surface area contributed by atoms with E-state index in [2.05, 4.69) is 35.8 Å². The topological polar surface area (TPSA) is 36.9 Å². The standard InChI is InChI=1S/C14H27N3OS/c1-4-9-19-10-7-16-14(15-5-2)17(3)11-13-6-8-18-12-13/h4,13H,1,5-12H2,2-3H3,(H,15,16). The van der Waals surface area contributed by atoms with Gasteiger partial charge in [0.2, 0.25) is 0 Å². The summed E-state index contributed by atoms with van der Waals surface area (Å²) in [5.74, 6) is 3.69. The van der Waals surface area contributed by atoms with Gasteiger partial charge < -0.3 is 15.0 Å². The van der Waals surface area contributed by atoms with Gasteiger partial charge in [0, 0.05) is 44.2 Å². The van der Waals surface area contributed by atoms with Gasteiger partial charge in [-0.25, -0.2) is 0 Å². The summed E-state index contributed by atoms with van der Waals surface area (Å²) in [6.45, 7) is 10.4. The van der Waals surface area contributed by atoms with Crippen molar-refractivity contribution in [3.8, 4) is 0 Å². The number of guanidine groups is 1. The lowest BCUT2D eigenvalue weighted by Crippen LogP contribution is -2.41. The van der Waals surface area contributed by atoms with Crippen LogP contribution < -0.4 is 5.32 Å². The predicted octanol–water partition coefficient (Wildman–Crippen LogP) is 1.84. The smallest absolute Gasteiger partial charge is 0.193 e. The molecule has 1 heterocycles. The quantitative estimate of drug-likeness (QED) is 0.319. The number of nitrogens with one attached hydrogen (secondary N) is 1. The normalized spacial score (nSPS) is 19.5. The van der Waals surface area contributed by atoms with Crippen LogP contribution >= 0.6 is 11.8 Å². The number of nitrogens with zero attached hydrogens (tertiary/aromatic N) is 2. The summed E-state index contributed by atoms with van der Waals surface area (Å²) in [6.07, 6.45) is 3.10. The third-order valence-electron chi connectivity index (χ3n) is 2.99. The monoisotopic (exact) mass is 285 g/mol. The fourth-order valence-corrected chi connectivity index (χ4v) is 2.61. The Bertz CT molecular complexity index is 278. The number of hydrogen-bond acceptors (Lipinski definition) is 3. The van der Waals surface area contributed by atoms with Crippen molar-refractivity contribution in [1.29, 1.82) is 0 Å². The molecule has 1 fully saturated rings. The maximum absolute atomic E-state index is 5.42. The highest BCUT2D eigenvalue weighted by Gasteiger charge is 2.18. The molecular weight excluding hydrogens is 258 g/mol. The molecular formula is C14H27N3OS. The van der Waals surface area contributed by atoms with E-state index in [1.54, 1.807) is 0 Å². The van der Waals surface area contributed by atoms with Gasteiger partial charge in [-0.3, -0.25) is 4.99 Å². The zero-order valence-electron chi connectivity index (χ0n) is 12.2. The molecule has 0 spiro atoms. The van der Waals surface area contributed by atoms with E-state index in [1.165, 1.54) is 6.42 Å². The molecule has 0 saturated carbocycles. The Kier molecular flexibility index (Phi) is 8.75.